The quantitative estimate of drug-likeness (QED) is 0.779. The van der Waals surface area contributed by atoms with Gasteiger partial charge in [0, 0.05) is 23.1 Å². The number of halogens is 1. The van der Waals surface area contributed by atoms with E-state index >= 15 is 0 Å². The minimum atomic E-state index is -0.389. The fraction of sp³-hybridized carbons (Fsp3) is 0.231. The zero-order valence-electron chi connectivity index (χ0n) is 10.4. The zero-order valence-corrected chi connectivity index (χ0v) is 11.2. The monoisotopic (exact) mass is 293 g/mol. The van der Waals surface area contributed by atoms with Crippen molar-refractivity contribution in [1.29, 1.82) is 0 Å². The molecule has 2 heterocycles. The fourth-order valence-corrected chi connectivity index (χ4v) is 3.22. The maximum atomic E-state index is 13.2. The number of nitrogen functional groups attached to an aromatic ring is 1. The third kappa shape index (κ3) is 2.20. The van der Waals surface area contributed by atoms with Gasteiger partial charge in [-0.3, -0.25) is 9.59 Å². The highest BCUT2D eigenvalue weighted by atomic mass is 32.1. The van der Waals surface area contributed by atoms with E-state index in [2.05, 4.69) is 10.6 Å². The number of hydrogen-bond acceptors (Lipinski definition) is 4. The summed E-state index contributed by atoms with van der Waals surface area (Å²) in [5.74, 6) is -0.799. The molecule has 1 aliphatic heterocycles. The zero-order chi connectivity index (χ0) is 14.3. The lowest BCUT2D eigenvalue weighted by atomic mass is 10.2. The third-order valence-electron chi connectivity index (χ3n) is 3.21. The maximum absolute atomic E-state index is 13.2. The summed E-state index contributed by atoms with van der Waals surface area (Å²) in [5.41, 5.74) is 6.19. The molecule has 3 rings (SSSR count). The van der Waals surface area contributed by atoms with Crippen molar-refractivity contribution >= 4 is 38.9 Å². The van der Waals surface area contributed by atoms with Gasteiger partial charge in [0.2, 0.25) is 5.91 Å². The van der Waals surface area contributed by atoms with Crippen molar-refractivity contribution in [3.05, 3.63) is 28.9 Å². The Hall–Kier alpha value is -2.15. The van der Waals surface area contributed by atoms with Crippen LogP contribution in [0, 0.1) is 5.82 Å². The summed E-state index contributed by atoms with van der Waals surface area (Å²) in [6, 6.07) is 4.03. The van der Waals surface area contributed by atoms with Crippen LogP contribution in [0.5, 0.6) is 0 Å². The van der Waals surface area contributed by atoms with Crippen LogP contribution < -0.4 is 16.4 Å². The molecule has 1 aromatic heterocycles. The first kappa shape index (κ1) is 12.9. The lowest BCUT2D eigenvalue weighted by Gasteiger charge is -2.09. The minimum absolute atomic E-state index is 0.0818. The molecule has 0 saturated carbocycles. The van der Waals surface area contributed by atoms with Gasteiger partial charge in [-0.25, -0.2) is 4.39 Å². The molecule has 1 unspecified atom stereocenters. The van der Waals surface area contributed by atoms with E-state index in [1.807, 2.05) is 0 Å². The highest BCUT2D eigenvalue weighted by molar-refractivity contribution is 7.21. The van der Waals surface area contributed by atoms with Gasteiger partial charge >= 0.3 is 0 Å². The van der Waals surface area contributed by atoms with E-state index in [-0.39, 0.29) is 35.8 Å². The molecule has 20 heavy (non-hydrogen) atoms. The number of amides is 2. The molecule has 1 saturated heterocycles. The second-order valence-electron chi connectivity index (χ2n) is 4.66. The Bertz CT molecular complexity index is 713. The molecular formula is C13H12FN3O2S. The summed E-state index contributed by atoms with van der Waals surface area (Å²) in [5, 5.41) is 5.94. The number of anilines is 1. The van der Waals surface area contributed by atoms with Crippen LogP contribution in [0.3, 0.4) is 0 Å². The van der Waals surface area contributed by atoms with E-state index in [1.54, 1.807) is 6.07 Å². The average molecular weight is 293 g/mol. The Morgan fingerprint density at radius 2 is 2.30 bits per heavy atom. The number of thiophene rings is 1. The number of carbonyl (C=O) groups excluding carboxylic acids is 2. The van der Waals surface area contributed by atoms with E-state index in [0.717, 1.165) is 4.70 Å². The van der Waals surface area contributed by atoms with Gasteiger partial charge in [0.05, 0.1) is 11.7 Å². The minimum Gasteiger partial charge on any atom is -0.397 e. The van der Waals surface area contributed by atoms with Crippen LogP contribution in [0.15, 0.2) is 18.2 Å². The smallest absolute Gasteiger partial charge is 0.263 e. The van der Waals surface area contributed by atoms with Crippen molar-refractivity contribution in [1.82, 2.24) is 10.6 Å². The molecular weight excluding hydrogens is 281 g/mol. The molecule has 104 valence electrons. The van der Waals surface area contributed by atoms with Crippen LogP contribution in [-0.4, -0.2) is 24.4 Å². The van der Waals surface area contributed by atoms with E-state index in [0.29, 0.717) is 16.8 Å². The van der Waals surface area contributed by atoms with Gasteiger partial charge in [0.1, 0.15) is 10.7 Å². The van der Waals surface area contributed by atoms with Crippen LogP contribution in [-0.2, 0) is 4.79 Å². The summed E-state index contributed by atoms with van der Waals surface area (Å²) < 4.78 is 14.0. The number of benzene rings is 1. The average Bonchev–Trinajstić information content (AvgIpc) is 2.94. The summed E-state index contributed by atoms with van der Waals surface area (Å²) >= 11 is 1.22. The van der Waals surface area contributed by atoms with Crippen LogP contribution in [0.4, 0.5) is 10.1 Å². The first-order chi connectivity index (χ1) is 9.54. The van der Waals surface area contributed by atoms with Crippen molar-refractivity contribution in [3.63, 3.8) is 0 Å². The molecule has 0 spiro atoms. The largest absolute Gasteiger partial charge is 0.397 e. The van der Waals surface area contributed by atoms with Crippen molar-refractivity contribution in [2.24, 2.45) is 0 Å². The molecule has 0 radical (unpaired) electrons. The second-order valence-corrected chi connectivity index (χ2v) is 5.72. The molecule has 7 heteroatoms. The highest BCUT2D eigenvalue weighted by Gasteiger charge is 2.25. The van der Waals surface area contributed by atoms with Crippen molar-refractivity contribution in [3.8, 4) is 0 Å². The van der Waals surface area contributed by atoms with E-state index in [4.69, 9.17) is 5.73 Å². The van der Waals surface area contributed by atoms with Gasteiger partial charge in [-0.05, 0) is 18.2 Å². The second kappa shape index (κ2) is 4.75. The molecule has 2 aromatic rings. The summed E-state index contributed by atoms with van der Waals surface area (Å²) in [6.45, 7) is 0.421. The fourth-order valence-electron chi connectivity index (χ4n) is 2.22. The van der Waals surface area contributed by atoms with Gasteiger partial charge < -0.3 is 16.4 Å². The van der Waals surface area contributed by atoms with E-state index in [1.165, 1.54) is 23.5 Å². The Kier molecular flexibility index (Phi) is 3.06. The van der Waals surface area contributed by atoms with Crippen molar-refractivity contribution in [2.75, 3.05) is 12.3 Å². The number of hydrogen-bond donors (Lipinski definition) is 3. The SMILES string of the molecule is Nc1c(C(=O)NC2CNC(=O)C2)sc2ccc(F)cc12. The van der Waals surface area contributed by atoms with Crippen LogP contribution >= 0.6 is 11.3 Å². The first-order valence-corrected chi connectivity index (χ1v) is 6.91. The molecule has 0 bridgehead atoms. The molecule has 1 fully saturated rings. The van der Waals surface area contributed by atoms with Gasteiger partial charge in [-0.2, -0.15) is 0 Å². The summed E-state index contributed by atoms with van der Waals surface area (Å²) in [6.07, 6.45) is 0.269. The number of rotatable bonds is 2. The topological polar surface area (TPSA) is 84.2 Å². The molecule has 1 aliphatic rings. The van der Waals surface area contributed by atoms with Crippen molar-refractivity contribution < 1.29 is 14.0 Å². The van der Waals surface area contributed by atoms with E-state index in [9.17, 15) is 14.0 Å². The third-order valence-corrected chi connectivity index (χ3v) is 4.39. The predicted molar refractivity (Wildman–Crippen MR) is 75.1 cm³/mol. The predicted octanol–water partition coefficient (Wildman–Crippen LogP) is 1.24. The molecule has 4 N–H and O–H groups in total. The van der Waals surface area contributed by atoms with Gasteiger partial charge in [0.15, 0.2) is 0 Å². The number of fused-ring (bicyclic) bond motifs is 1. The van der Waals surface area contributed by atoms with Crippen LogP contribution in [0.25, 0.3) is 10.1 Å². The standard InChI is InChI=1S/C13H12FN3O2S/c14-6-1-2-9-8(3-6)11(15)12(20-9)13(19)17-7-4-10(18)16-5-7/h1-3,7H,4-5,15H2,(H,16,18)(H,17,19). The van der Waals surface area contributed by atoms with E-state index < -0.39 is 0 Å². The van der Waals surface area contributed by atoms with Crippen LogP contribution in [0.1, 0.15) is 16.1 Å². The Labute approximate surface area is 118 Å². The van der Waals surface area contributed by atoms with Gasteiger partial charge in [-0.15, -0.1) is 11.3 Å². The number of carbonyl (C=O) groups is 2. The lowest BCUT2D eigenvalue weighted by Crippen LogP contribution is -2.36. The Balaban J connectivity index is 1.88. The van der Waals surface area contributed by atoms with Gasteiger partial charge in [0.25, 0.3) is 5.91 Å². The lowest BCUT2D eigenvalue weighted by molar-refractivity contribution is -0.119. The molecule has 1 atom stereocenters. The number of nitrogens with two attached hydrogens (primary N) is 1. The molecule has 1 aromatic carbocycles. The Morgan fingerprint density at radius 3 is 3.00 bits per heavy atom. The molecule has 0 aliphatic carbocycles. The molecule has 5 nitrogen and oxygen atoms in total. The normalized spacial score (nSPS) is 18.2. The summed E-state index contributed by atoms with van der Waals surface area (Å²) in [4.78, 5) is 23.6. The maximum Gasteiger partial charge on any atom is 0.263 e. The number of nitrogens with one attached hydrogen (secondary N) is 2. The van der Waals surface area contributed by atoms with Gasteiger partial charge in [-0.1, -0.05) is 0 Å². The summed E-state index contributed by atoms with van der Waals surface area (Å²) in [7, 11) is 0. The van der Waals surface area contributed by atoms with Crippen molar-refractivity contribution in [2.45, 2.75) is 12.5 Å². The van der Waals surface area contributed by atoms with Crippen LogP contribution in [0.2, 0.25) is 0 Å². The molecule has 2 amide bonds. The first-order valence-electron chi connectivity index (χ1n) is 6.09. The highest BCUT2D eigenvalue weighted by Crippen LogP contribution is 2.34. The Morgan fingerprint density at radius 1 is 1.50 bits per heavy atom.